The van der Waals surface area contributed by atoms with Crippen LogP contribution in [0.4, 0.5) is 10.1 Å². The number of hydrogen-bond donors (Lipinski definition) is 1. The van der Waals surface area contributed by atoms with Crippen molar-refractivity contribution in [3.05, 3.63) is 29.6 Å². The Morgan fingerprint density at radius 2 is 1.95 bits per heavy atom. The SMILES string of the molecule is CNCc1c(F)cccc1N1CCN(C2CC2)CC1. The fourth-order valence-corrected chi connectivity index (χ4v) is 2.96. The normalized spacial score (nSPS) is 20.8. The van der Waals surface area contributed by atoms with E-state index in [1.807, 2.05) is 19.2 Å². The van der Waals surface area contributed by atoms with E-state index in [1.54, 1.807) is 6.07 Å². The molecule has 1 heterocycles. The monoisotopic (exact) mass is 263 g/mol. The molecule has 1 aromatic carbocycles. The number of nitrogens with zero attached hydrogens (tertiary/aromatic N) is 2. The number of benzene rings is 1. The van der Waals surface area contributed by atoms with E-state index in [0.717, 1.165) is 43.5 Å². The quantitative estimate of drug-likeness (QED) is 0.894. The van der Waals surface area contributed by atoms with Gasteiger partial charge in [0.1, 0.15) is 5.82 Å². The highest BCUT2D eigenvalue weighted by molar-refractivity contribution is 5.54. The molecule has 0 bridgehead atoms. The predicted octanol–water partition coefficient (Wildman–Crippen LogP) is 1.83. The van der Waals surface area contributed by atoms with Gasteiger partial charge in [-0.3, -0.25) is 4.90 Å². The third-order valence-electron chi connectivity index (χ3n) is 4.17. The van der Waals surface area contributed by atoms with Crippen LogP contribution in [-0.4, -0.2) is 44.2 Å². The highest BCUT2D eigenvalue weighted by atomic mass is 19.1. The summed E-state index contributed by atoms with van der Waals surface area (Å²) in [6, 6.07) is 6.25. The second kappa shape index (κ2) is 5.47. The van der Waals surface area contributed by atoms with Gasteiger partial charge in [-0.2, -0.15) is 0 Å². The molecule has 0 atom stereocenters. The summed E-state index contributed by atoms with van der Waals surface area (Å²) >= 11 is 0. The van der Waals surface area contributed by atoms with Gasteiger partial charge in [-0.05, 0) is 32.0 Å². The Kier molecular flexibility index (Phi) is 3.71. The van der Waals surface area contributed by atoms with Gasteiger partial charge in [0.2, 0.25) is 0 Å². The first kappa shape index (κ1) is 12.9. The van der Waals surface area contributed by atoms with E-state index in [-0.39, 0.29) is 5.82 Å². The van der Waals surface area contributed by atoms with Gasteiger partial charge in [0, 0.05) is 50.0 Å². The molecule has 0 radical (unpaired) electrons. The minimum atomic E-state index is -0.100. The number of piperazine rings is 1. The molecule has 2 fully saturated rings. The van der Waals surface area contributed by atoms with Gasteiger partial charge in [-0.1, -0.05) is 6.07 Å². The number of anilines is 1. The van der Waals surface area contributed by atoms with Crippen molar-refractivity contribution in [2.75, 3.05) is 38.1 Å². The van der Waals surface area contributed by atoms with Crippen LogP contribution in [0.1, 0.15) is 18.4 Å². The van der Waals surface area contributed by atoms with Gasteiger partial charge >= 0.3 is 0 Å². The van der Waals surface area contributed by atoms with Crippen LogP contribution in [0.3, 0.4) is 0 Å². The topological polar surface area (TPSA) is 18.5 Å². The lowest BCUT2D eigenvalue weighted by molar-refractivity contribution is 0.248. The van der Waals surface area contributed by atoms with Crippen LogP contribution in [0.2, 0.25) is 0 Å². The van der Waals surface area contributed by atoms with Crippen LogP contribution in [0.15, 0.2) is 18.2 Å². The maximum absolute atomic E-state index is 13.9. The van der Waals surface area contributed by atoms with Crippen LogP contribution < -0.4 is 10.2 Å². The summed E-state index contributed by atoms with van der Waals surface area (Å²) in [4.78, 5) is 4.90. The van der Waals surface area contributed by atoms with Crippen LogP contribution in [0.5, 0.6) is 0 Å². The van der Waals surface area contributed by atoms with Crippen molar-refractivity contribution in [3.63, 3.8) is 0 Å². The van der Waals surface area contributed by atoms with Crippen LogP contribution in [-0.2, 0) is 6.54 Å². The molecule has 3 rings (SSSR count). The number of hydrogen-bond acceptors (Lipinski definition) is 3. The van der Waals surface area contributed by atoms with Gasteiger partial charge in [-0.15, -0.1) is 0 Å². The van der Waals surface area contributed by atoms with E-state index in [0.29, 0.717) is 6.54 Å². The third kappa shape index (κ3) is 2.74. The summed E-state index contributed by atoms with van der Waals surface area (Å²) in [5.41, 5.74) is 1.86. The smallest absolute Gasteiger partial charge is 0.129 e. The molecule has 1 aliphatic heterocycles. The molecule has 1 aromatic rings. The van der Waals surface area contributed by atoms with E-state index in [1.165, 1.54) is 12.8 Å². The molecule has 19 heavy (non-hydrogen) atoms. The highest BCUT2D eigenvalue weighted by Crippen LogP contribution is 2.30. The van der Waals surface area contributed by atoms with Crippen LogP contribution >= 0.6 is 0 Å². The van der Waals surface area contributed by atoms with E-state index in [4.69, 9.17) is 0 Å². The first-order chi connectivity index (χ1) is 9.29. The summed E-state index contributed by atoms with van der Waals surface area (Å²) in [7, 11) is 1.86. The van der Waals surface area contributed by atoms with Crippen molar-refractivity contribution in [3.8, 4) is 0 Å². The second-order valence-electron chi connectivity index (χ2n) is 5.52. The van der Waals surface area contributed by atoms with Crippen molar-refractivity contribution in [2.45, 2.75) is 25.4 Å². The lowest BCUT2D eigenvalue weighted by Crippen LogP contribution is -2.47. The molecule has 2 aliphatic rings. The lowest BCUT2D eigenvalue weighted by atomic mass is 10.1. The van der Waals surface area contributed by atoms with Crippen molar-refractivity contribution >= 4 is 5.69 Å². The molecule has 3 nitrogen and oxygen atoms in total. The first-order valence-electron chi connectivity index (χ1n) is 7.20. The Bertz CT molecular complexity index is 437. The average molecular weight is 263 g/mol. The summed E-state index contributed by atoms with van der Waals surface area (Å²) in [5.74, 6) is -0.100. The van der Waals surface area contributed by atoms with E-state index in [9.17, 15) is 4.39 Å². The zero-order chi connectivity index (χ0) is 13.2. The lowest BCUT2D eigenvalue weighted by Gasteiger charge is -2.37. The average Bonchev–Trinajstić information content (AvgIpc) is 3.26. The molecule has 4 heteroatoms. The van der Waals surface area contributed by atoms with E-state index >= 15 is 0 Å². The molecule has 0 unspecified atom stereocenters. The molecule has 1 saturated heterocycles. The molecule has 0 spiro atoms. The largest absolute Gasteiger partial charge is 0.369 e. The maximum atomic E-state index is 13.9. The van der Waals surface area contributed by atoms with Gasteiger partial charge in [-0.25, -0.2) is 4.39 Å². The van der Waals surface area contributed by atoms with Gasteiger partial charge in [0.15, 0.2) is 0 Å². The summed E-state index contributed by atoms with van der Waals surface area (Å²) in [6.45, 7) is 4.83. The molecule has 1 aliphatic carbocycles. The molecule has 1 saturated carbocycles. The zero-order valence-electron chi connectivity index (χ0n) is 11.5. The van der Waals surface area contributed by atoms with Crippen molar-refractivity contribution in [1.82, 2.24) is 10.2 Å². The van der Waals surface area contributed by atoms with E-state index in [2.05, 4.69) is 15.1 Å². The zero-order valence-corrected chi connectivity index (χ0v) is 11.5. The van der Waals surface area contributed by atoms with Crippen LogP contribution in [0, 0.1) is 5.82 Å². The summed E-state index contributed by atoms with van der Waals surface area (Å²) in [5, 5.41) is 3.06. The summed E-state index contributed by atoms with van der Waals surface area (Å²) < 4.78 is 13.9. The van der Waals surface area contributed by atoms with Crippen molar-refractivity contribution in [1.29, 1.82) is 0 Å². The number of halogens is 1. The Morgan fingerprint density at radius 3 is 2.58 bits per heavy atom. The van der Waals surface area contributed by atoms with Gasteiger partial charge < -0.3 is 10.2 Å². The first-order valence-corrected chi connectivity index (χ1v) is 7.20. The Hall–Kier alpha value is -1.13. The van der Waals surface area contributed by atoms with Gasteiger partial charge in [0.25, 0.3) is 0 Å². The van der Waals surface area contributed by atoms with Crippen LogP contribution in [0.25, 0.3) is 0 Å². The second-order valence-corrected chi connectivity index (χ2v) is 5.52. The molecule has 104 valence electrons. The highest BCUT2D eigenvalue weighted by Gasteiger charge is 2.31. The molecule has 0 aromatic heterocycles. The van der Waals surface area contributed by atoms with Crippen molar-refractivity contribution < 1.29 is 4.39 Å². The fraction of sp³-hybridized carbons (Fsp3) is 0.600. The third-order valence-corrected chi connectivity index (χ3v) is 4.17. The molecular formula is C15H22FN3. The minimum absolute atomic E-state index is 0.100. The standard InChI is InChI=1S/C15H22FN3/c1-17-11-13-14(16)3-2-4-15(13)19-9-7-18(8-10-19)12-5-6-12/h2-4,12,17H,5-11H2,1H3. The number of rotatable bonds is 4. The molecule has 1 N–H and O–H groups in total. The predicted molar refractivity (Wildman–Crippen MR) is 76.0 cm³/mol. The van der Waals surface area contributed by atoms with Gasteiger partial charge in [0.05, 0.1) is 0 Å². The Morgan fingerprint density at radius 1 is 1.21 bits per heavy atom. The molecule has 0 amide bonds. The molecular weight excluding hydrogens is 241 g/mol. The Balaban J connectivity index is 1.73. The minimum Gasteiger partial charge on any atom is -0.369 e. The van der Waals surface area contributed by atoms with E-state index < -0.39 is 0 Å². The number of nitrogens with one attached hydrogen (secondary N) is 1. The van der Waals surface area contributed by atoms with Crippen molar-refractivity contribution in [2.24, 2.45) is 0 Å². The summed E-state index contributed by atoms with van der Waals surface area (Å²) in [6.07, 6.45) is 2.73. The maximum Gasteiger partial charge on any atom is 0.129 e. The Labute approximate surface area is 114 Å². The fourth-order valence-electron chi connectivity index (χ4n) is 2.96.